The van der Waals surface area contributed by atoms with Gasteiger partial charge in [0.1, 0.15) is 0 Å². The number of aliphatic hydroxyl groups is 1. The molecule has 1 saturated carbocycles. The zero-order chi connectivity index (χ0) is 7.07. The maximum absolute atomic E-state index is 9.25. The SMILES string of the molecule is C[C@H]1C[C@@](C)(N)C[C@@H]1O. The maximum atomic E-state index is 9.25. The second-order valence-electron chi connectivity index (χ2n) is 3.61. The van der Waals surface area contributed by atoms with Crippen molar-refractivity contribution in [2.75, 3.05) is 0 Å². The Labute approximate surface area is 56.1 Å². The predicted octanol–water partition coefficient (Wildman–Crippen LogP) is 0.495. The summed E-state index contributed by atoms with van der Waals surface area (Å²) in [7, 11) is 0. The highest BCUT2D eigenvalue weighted by molar-refractivity contribution is 4.93. The predicted molar refractivity (Wildman–Crippen MR) is 37.0 cm³/mol. The number of aliphatic hydroxyl groups excluding tert-OH is 1. The molecule has 0 unspecified atom stereocenters. The summed E-state index contributed by atoms with van der Waals surface area (Å²) in [5.41, 5.74) is 5.69. The fourth-order valence-electron chi connectivity index (χ4n) is 1.63. The van der Waals surface area contributed by atoms with Gasteiger partial charge in [0.25, 0.3) is 0 Å². The van der Waals surface area contributed by atoms with Crippen LogP contribution in [0.5, 0.6) is 0 Å². The summed E-state index contributed by atoms with van der Waals surface area (Å²) >= 11 is 0. The first-order chi connectivity index (χ1) is 4.01. The molecule has 0 aromatic carbocycles. The van der Waals surface area contributed by atoms with Crippen molar-refractivity contribution >= 4 is 0 Å². The Bertz CT molecular complexity index is 99.5. The van der Waals surface area contributed by atoms with E-state index in [0.717, 1.165) is 12.8 Å². The first kappa shape index (κ1) is 7.03. The molecule has 2 nitrogen and oxygen atoms in total. The van der Waals surface area contributed by atoms with E-state index in [9.17, 15) is 5.11 Å². The summed E-state index contributed by atoms with van der Waals surface area (Å²) < 4.78 is 0. The van der Waals surface area contributed by atoms with E-state index in [1.165, 1.54) is 0 Å². The monoisotopic (exact) mass is 129 g/mol. The molecule has 54 valence electrons. The molecule has 0 aromatic heterocycles. The van der Waals surface area contributed by atoms with Crippen molar-refractivity contribution in [1.29, 1.82) is 0 Å². The fourth-order valence-corrected chi connectivity index (χ4v) is 1.63. The molecule has 3 atom stereocenters. The fraction of sp³-hybridized carbons (Fsp3) is 1.00. The molecule has 0 aliphatic heterocycles. The lowest BCUT2D eigenvalue weighted by atomic mass is 10.0. The highest BCUT2D eigenvalue weighted by atomic mass is 16.3. The minimum absolute atomic E-state index is 0.112. The summed E-state index contributed by atoms with van der Waals surface area (Å²) in [5.74, 6) is 0.389. The van der Waals surface area contributed by atoms with E-state index in [4.69, 9.17) is 5.73 Å². The lowest BCUT2D eigenvalue weighted by Gasteiger charge is -2.15. The van der Waals surface area contributed by atoms with Gasteiger partial charge in [0.2, 0.25) is 0 Å². The van der Waals surface area contributed by atoms with Crippen LogP contribution in [0.4, 0.5) is 0 Å². The molecular formula is C7H15NO. The third kappa shape index (κ3) is 1.43. The van der Waals surface area contributed by atoms with E-state index in [1.807, 2.05) is 13.8 Å². The summed E-state index contributed by atoms with van der Waals surface area (Å²) in [6.07, 6.45) is 1.54. The van der Waals surface area contributed by atoms with Gasteiger partial charge in [-0.15, -0.1) is 0 Å². The number of rotatable bonds is 0. The van der Waals surface area contributed by atoms with Gasteiger partial charge in [0, 0.05) is 5.54 Å². The standard InChI is InChI=1S/C7H15NO/c1-5-3-7(2,8)4-6(5)9/h5-6,9H,3-4,8H2,1-2H3/t5-,6-,7+/m0/s1. The molecule has 1 aliphatic carbocycles. The Morgan fingerprint density at radius 1 is 1.56 bits per heavy atom. The van der Waals surface area contributed by atoms with E-state index in [-0.39, 0.29) is 11.6 Å². The first-order valence-electron chi connectivity index (χ1n) is 3.48. The molecule has 0 saturated heterocycles. The van der Waals surface area contributed by atoms with Crippen molar-refractivity contribution in [3.63, 3.8) is 0 Å². The molecule has 9 heavy (non-hydrogen) atoms. The van der Waals surface area contributed by atoms with Crippen LogP contribution >= 0.6 is 0 Å². The summed E-state index contributed by atoms with van der Waals surface area (Å²) in [6, 6.07) is 0. The lowest BCUT2D eigenvalue weighted by Crippen LogP contribution is -2.32. The van der Waals surface area contributed by atoms with E-state index < -0.39 is 0 Å². The van der Waals surface area contributed by atoms with Crippen molar-refractivity contribution < 1.29 is 5.11 Å². The third-order valence-corrected chi connectivity index (χ3v) is 2.12. The van der Waals surface area contributed by atoms with Crippen LogP contribution in [0.25, 0.3) is 0 Å². The molecule has 0 amide bonds. The largest absolute Gasteiger partial charge is 0.393 e. The average Bonchev–Trinajstić information content (AvgIpc) is 1.79. The molecule has 0 radical (unpaired) electrons. The van der Waals surface area contributed by atoms with Crippen molar-refractivity contribution in [3.8, 4) is 0 Å². The summed E-state index contributed by atoms with van der Waals surface area (Å²) in [4.78, 5) is 0. The van der Waals surface area contributed by atoms with E-state index in [2.05, 4.69) is 0 Å². The van der Waals surface area contributed by atoms with Crippen LogP contribution in [0.1, 0.15) is 26.7 Å². The first-order valence-corrected chi connectivity index (χ1v) is 3.48. The molecular weight excluding hydrogens is 114 g/mol. The zero-order valence-corrected chi connectivity index (χ0v) is 6.09. The van der Waals surface area contributed by atoms with Gasteiger partial charge in [-0.25, -0.2) is 0 Å². The third-order valence-electron chi connectivity index (χ3n) is 2.12. The van der Waals surface area contributed by atoms with Gasteiger partial charge >= 0.3 is 0 Å². The molecule has 1 aliphatic rings. The Morgan fingerprint density at radius 3 is 2.22 bits per heavy atom. The minimum Gasteiger partial charge on any atom is -0.393 e. The van der Waals surface area contributed by atoms with Crippen molar-refractivity contribution in [3.05, 3.63) is 0 Å². The Morgan fingerprint density at radius 2 is 2.11 bits per heavy atom. The second kappa shape index (κ2) is 1.96. The molecule has 0 spiro atoms. The van der Waals surface area contributed by atoms with Crippen molar-refractivity contribution in [1.82, 2.24) is 0 Å². The number of nitrogens with two attached hydrogens (primary N) is 1. The highest BCUT2D eigenvalue weighted by Gasteiger charge is 2.35. The minimum atomic E-state index is -0.167. The number of hydrogen-bond acceptors (Lipinski definition) is 2. The van der Waals surface area contributed by atoms with Crippen molar-refractivity contribution in [2.45, 2.75) is 38.3 Å². The topological polar surface area (TPSA) is 46.2 Å². The van der Waals surface area contributed by atoms with Gasteiger partial charge < -0.3 is 10.8 Å². The van der Waals surface area contributed by atoms with Crippen LogP contribution in [-0.4, -0.2) is 16.7 Å². The van der Waals surface area contributed by atoms with Crippen LogP contribution in [0, 0.1) is 5.92 Å². The van der Waals surface area contributed by atoms with Gasteiger partial charge in [-0.3, -0.25) is 0 Å². The number of hydrogen-bond donors (Lipinski definition) is 2. The van der Waals surface area contributed by atoms with Gasteiger partial charge in [0.15, 0.2) is 0 Å². The van der Waals surface area contributed by atoms with Gasteiger partial charge in [-0.1, -0.05) is 6.92 Å². The summed E-state index contributed by atoms with van der Waals surface area (Å²) in [6.45, 7) is 4.04. The Hall–Kier alpha value is -0.0800. The van der Waals surface area contributed by atoms with Crippen LogP contribution in [0.3, 0.4) is 0 Å². The average molecular weight is 129 g/mol. The summed E-state index contributed by atoms with van der Waals surface area (Å²) in [5, 5.41) is 9.25. The normalized spacial score (nSPS) is 52.0. The van der Waals surface area contributed by atoms with Crippen molar-refractivity contribution in [2.24, 2.45) is 11.7 Å². The molecule has 0 bridgehead atoms. The quantitative estimate of drug-likeness (QED) is 0.500. The van der Waals surface area contributed by atoms with Crippen LogP contribution < -0.4 is 5.73 Å². The van der Waals surface area contributed by atoms with Crippen LogP contribution in [-0.2, 0) is 0 Å². The molecule has 0 aromatic rings. The second-order valence-corrected chi connectivity index (χ2v) is 3.61. The molecule has 1 rings (SSSR count). The lowest BCUT2D eigenvalue weighted by molar-refractivity contribution is 0.138. The van der Waals surface area contributed by atoms with Crippen LogP contribution in [0.15, 0.2) is 0 Å². The van der Waals surface area contributed by atoms with Gasteiger partial charge in [-0.2, -0.15) is 0 Å². The molecule has 0 heterocycles. The molecule has 1 fully saturated rings. The van der Waals surface area contributed by atoms with E-state index in [1.54, 1.807) is 0 Å². The molecule has 3 N–H and O–H groups in total. The van der Waals surface area contributed by atoms with E-state index in [0.29, 0.717) is 5.92 Å². The molecule has 2 heteroatoms. The zero-order valence-electron chi connectivity index (χ0n) is 6.09. The van der Waals surface area contributed by atoms with Gasteiger partial charge in [-0.05, 0) is 25.7 Å². The highest BCUT2D eigenvalue weighted by Crippen LogP contribution is 2.31. The maximum Gasteiger partial charge on any atom is 0.0583 e. The van der Waals surface area contributed by atoms with Crippen LogP contribution in [0.2, 0.25) is 0 Å². The Balaban J connectivity index is 2.54. The Kier molecular flexibility index (Phi) is 1.53. The van der Waals surface area contributed by atoms with E-state index >= 15 is 0 Å². The smallest absolute Gasteiger partial charge is 0.0583 e. The van der Waals surface area contributed by atoms with Gasteiger partial charge in [0.05, 0.1) is 6.10 Å².